The fraction of sp³-hybridized carbons (Fsp3) is 0.875. The van der Waals surface area contributed by atoms with E-state index in [1.165, 1.54) is 0 Å². The molecule has 0 unspecified atom stereocenters. The molecule has 1 rings (SSSR count). The van der Waals surface area contributed by atoms with E-state index in [1.54, 1.807) is 0 Å². The summed E-state index contributed by atoms with van der Waals surface area (Å²) in [6, 6.07) is -0.365. The molecule has 0 bridgehead atoms. The smallest absolute Gasteiger partial charge is 0.321 e. The molecule has 1 saturated heterocycles. The molecule has 0 aromatic carbocycles. The van der Waals surface area contributed by atoms with Gasteiger partial charge in [0.15, 0.2) is 0 Å². The van der Waals surface area contributed by atoms with Crippen LogP contribution in [-0.4, -0.2) is 23.7 Å². The van der Waals surface area contributed by atoms with Crippen LogP contribution in [0.15, 0.2) is 0 Å². The highest BCUT2D eigenvalue weighted by Gasteiger charge is 2.36. The van der Waals surface area contributed by atoms with Gasteiger partial charge in [0.2, 0.25) is 0 Å². The summed E-state index contributed by atoms with van der Waals surface area (Å²) >= 11 is 0. The summed E-state index contributed by atoms with van der Waals surface area (Å²) in [6.07, 6.45) is 2.08. The zero-order valence-electron chi connectivity index (χ0n) is 7.05. The van der Waals surface area contributed by atoms with E-state index >= 15 is 0 Å². The summed E-state index contributed by atoms with van der Waals surface area (Å²) in [7, 11) is 0. The minimum absolute atomic E-state index is 0.0932. The number of piperidine rings is 1. The van der Waals surface area contributed by atoms with E-state index in [0.717, 1.165) is 19.4 Å². The third-order valence-corrected chi connectivity index (χ3v) is 2.37. The van der Waals surface area contributed by atoms with Crippen LogP contribution in [0.3, 0.4) is 0 Å². The zero-order valence-corrected chi connectivity index (χ0v) is 7.05. The van der Waals surface area contributed by atoms with Gasteiger partial charge in [-0.3, -0.25) is 4.79 Å². The van der Waals surface area contributed by atoms with Crippen LogP contribution in [0.2, 0.25) is 0 Å². The molecule has 1 aliphatic heterocycles. The molecule has 11 heavy (non-hydrogen) atoms. The molecule has 0 amide bonds. The Bertz CT molecular complexity index is 165. The van der Waals surface area contributed by atoms with Gasteiger partial charge in [-0.25, -0.2) is 0 Å². The fourth-order valence-electron chi connectivity index (χ4n) is 1.63. The van der Waals surface area contributed by atoms with Gasteiger partial charge in [0.1, 0.15) is 6.04 Å². The Morgan fingerprint density at radius 1 is 1.64 bits per heavy atom. The van der Waals surface area contributed by atoms with Crippen LogP contribution in [-0.2, 0) is 4.79 Å². The third-order valence-electron chi connectivity index (χ3n) is 2.37. The molecule has 1 heterocycles. The predicted molar refractivity (Wildman–Crippen MR) is 42.4 cm³/mol. The molecule has 0 saturated carbocycles. The molecular weight excluding hydrogens is 142 g/mol. The zero-order chi connectivity index (χ0) is 8.48. The second kappa shape index (κ2) is 2.81. The Kier molecular flexibility index (Phi) is 2.18. The summed E-state index contributed by atoms with van der Waals surface area (Å²) in [5.41, 5.74) is -0.0932. The highest BCUT2D eigenvalue weighted by Crippen LogP contribution is 2.29. The number of carboxylic acids is 1. The Balaban J connectivity index is 2.67. The van der Waals surface area contributed by atoms with E-state index in [9.17, 15) is 4.79 Å². The van der Waals surface area contributed by atoms with Gasteiger partial charge in [0.05, 0.1) is 0 Å². The van der Waals surface area contributed by atoms with Crippen LogP contribution in [0, 0.1) is 5.41 Å². The SMILES string of the molecule is CC1(C)CCCN[C@H]1C(=O)O. The van der Waals surface area contributed by atoms with E-state index in [2.05, 4.69) is 5.32 Å². The van der Waals surface area contributed by atoms with Crippen LogP contribution >= 0.6 is 0 Å². The monoisotopic (exact) mass is 157 g/mol. The molecule has 3 nitrogen and oxygen atoms in total. The van der Waals surface area contributed by atoms with Gasteiger partial charge in [0.25, 0.3) is 0 Å². The standard InChI is InChI=1S/C8H15NO2/c1-8(2)4-3-5-9-6(8)7(10)11/h6,9H,3-5H2,1-2H3,(H,10,11)/t6-/m0/s1. The Morgan fingerprint density at radius 2 is 2.27 bits per heavy atom. The van der Waals surface area contributed by atoms with Gasteiger partial charge in [-0.15, -0.1) is 0 Å². The first kappa shape index (κ1) is 8.53. The number of rotatable bonds is 1. The molecule has 3 heteroatoms. The minimum Gasteiger partial charge on any atom is -0.480 e. The summed E-state index contributed by atoms with van der Waals surface area (Å²) in [5.74, 6) is -0.727. The maximum absolute atomic E-state index is 10.7. The molecule has 1 fully saturated rings. The largest absolute Gasteiger partial charge is 0.480 e. The summed E-state index contributed by atoms with van der Waals surface area (Å²) in [4.78, 5) is 10.7. The highest BCUT2D eigenvalue weighted by atomic mass is 16.4. The van der Waals surface area contributed by atoms with E-state index in [-0.39, 0.29) is 11.5 Å². The van der Waals surface area contributed by atoms with Crippen molar-refractivity contribution < 1.29 is 9.90 Å². The lowest BCUT2D eigenvalue weighted by atomic mass is 9.78. The fourth-order valence-corrected chi connectivity index (χ4v) is 1.63. The Hall–Kier alpha value is -0.570. The lowest BCUT2D eigenvalue weighted by Crippen LogP contribution is -2.51. The number of hydrogen-bond acceptors (Lipinski definition) is 2. The molecule has 1 aliphatic rings. The Labute approximate surface area is 66.8 Å². The summed E-state index contributed by atoms with van der Waals surface area (Å²) in [5, 5.41) is 11.8. The van der Waals surface area contributed by atoms with Crippen molar-refractivity contribution in [2.24, 2.45) is 5.41 Å². The van der Waals surface area contributed by atoms with Gasteiger partial charge in [0, 0.05) is 0 Å². The Morgan fingerprint density at radius 3 is 2.64 bits per heavy atom. The highest BCUT2D eigenvalue weighted by molar-refractivity contribution is 5.74. The lowest BCUT2D eigenvalue weighted by molar-refractivity contribution is -0.143. The number of nitrogens with one attached hydrogen (secondary N) is 1. The first-order chi connectivity index (χ1) is 5.04. The van der Waals surface area contributed by atoms with Gasteiger partial charge in [-0.05, 0) is 24.8 Å². The van der Waals surface area contributed by atoms with Gasteiger partial charge in [-0.2, -0.15) is 0 Å². The van der Waals surface area contributed by atoms with Crippen molar-refractivity contribution in [1.82, 2.24) is 5.32 Å². The molecular formula is C8H15NO2. The third kappa shape index (κ3) is 1.71. The van der Waals surface area contributed by atoms with E-state index in [4.69, 9.17) is 5.11 Å². The second-order valence-corrected chi connectivity index (χ2v) is 3.82. The van der Waals surface area contributed by atoms with Crippen molar-refractivity contribution in [2.75, 3.05) is 6.54 Å². The van der Waals surface area contributed by atoms with Crippen molar-refractivity contribution in [3.05, 3.63) is 0 Å². The van der Waals surface area contributed by atoms with Crippen molar-refractivity contribution in [3.8, 4) is 0 Å². The van der Waals surface area contributed by atoms with Crippen LogP contribution in [0.1, 0.15) is 26.7 Å². The normalized spacial score (nSPS) is 29.8. The average molecular weight is 157 g/mol. The lowest BCUT2D eigenvalue weighted by Gasteiger charge is -2.36. The molecule has 64 valence electrons. The van der Waals surface area contributed by atoms with Gasteiger partial charge < -0.3 is 10.4 Å². The second-order valence-electron chi connectivity index (χ2n) is 3.82. The average Bonchev–Trinajstić information content (AvgIpc) is 1.85. The topological polar surface area (TPSA) is 49.3 Å². The van der Waals surface area contributed by atoms with Crippen LogP contribution < -0.4 is 5.32 Å². The van der Waals surface area contributed by atoms with E-state index < -0.39 is 5.97 Å². The van der Waals surface area contributed by atoms with Crippen LogP contribution in [0.25, 0.3) is 0 Å². The number of carbonyl (C=O) groups is 1. The van der Waals surface area contributed by atoms with E-state index in [1.807, 2.05) is 13.8 Å². The molecule has 2 N–H and O–H groups in total. The molecule has 0 aromatic rings. The number of carboxylic acid groups (broad SMARTS) is 1. The van der Waals surface area contributed by atoms with Crippen molar-refractivity contribution in [1.29, 1.82) is 0 Å². The van der Waals surface area contributed by atoms with Crippen molar-refractivity contribution in [2.45, 2.75) is 32.7 Å². The summed E-state index contributed by atoms with van der Waals surface area (Å²) in [6.45, 7) is 4.83. The van der Waals surface area contributed by atoms with Crippen molar-refractivity contribution >= 4 is 5.97 Å². The molecule has 1 atom stereocenters. The number of aliphatic carboxylic acids is 1. The van der Waals surface area contributed by atoms with E-state index in [0.29, 0.717) is 0 Å². The maximum atomic E-state index is 10.7. The molecule has 0 aromatic heterocycles. The van der Waals surface area contributed by atoms with Crippen molar-refractivity contribution in [3.63, 3.8) is 0 Å². The summed E-state index contributed by atoms with van der Waals surface area (Å²) < 4.78 is 0. The molecule has 0 radical (unpaired) electrons. The molecule has 0 aliphatic carbocycles. The first-order valence-corrected chi connectivity index (χ1v) is 4.00. The maximum Gasteiger partial charge on any atom is 0.321 e. The number of hydrogen-bond donors (Lipinski definition) is 2. The predicted octanol–water partition coefficient (Wildman–Crippen LogP) is 0.849. The van der Waals surface area contributed by atoms with Crippen LogP contribution in [0.4, 0.5) is 0 Å². The first-order valence-electron chi connectivity index (χ1n) is 4.00. The minimum atomic E-state index is -0.727. The molecule has 0 spiro atoms. The quantitative estimate of drug-likeness (QED) is 0.593. The van der Waals surface area contributed by atoms with Gasteiger partial charge in [-0.1, -0.05) is 13.8 Å². The van der Waals surface area contributed by atoms with Crippen LogP contribution in [0.5, 0.6) is 0 Å². The van der Waals surface area contributed by atoms with Gasteiger partial charge >= 0.3 is 5.97 Å².